The van der Waals surface area contributed by atoms with E-state index in [9.17, 15) is 0 Å². The van der Waals surface area contributed by atoms with Gasteiger partial charge in [-0.2, -0.15) is 0 Å². The maximum absolute atomic E-state index is 5.54. The minimum absolute atomic E-state index is 0. The maximum Gasteiger partial charge on any atom is 0.191 e. The van der Waals surface area contributed by atoms with E-state index in [-0.39, 0.29) is 30.0 Å². The van der Waals surface area contributed by atoms with E-state index in [1.165, 1.54) is 12.0 Å². The van der Waals surface area contributed by atoms with Gasteiger partial charge < -0.3 is 20.1 Å². The molecule has 1 unspecified atom stereocenters. The number of halogens is 1. The molecule has 1 aromatic rings. The molecule has 0 radical (unpaired) electrons. The molecule has 0 aromatic heterocycles. The van der Waals surface area contributed by atoms with E-state index in [0.717, 1.165) is 63.4 Å². The fourth-order valence-electron chi connectivity index (χ4n) is 3.30. The van der Waals surface area contributed by atoms with Crippen molar-refractivity contribution in [1.82, 2.24) is 15.5 Å². The zero-order valence-corrected chi connectivity index (χ0v) is 20.1. The Kier molecular flexibility index (Phi) is 12.5. The van der Waals surface area contributed by atoms with Crippen LogP contribution in [-0.4, -0.2) is 64.4 Å². The van der Waals surface area contributed by atoms with E-state index < -0.39 is 0 Å². The minimum Gasteiger partial charge on any atom is -0.497 e. The van der Waals surface area contributed by atoms with E-state index in [0.29, 0.717) is 0 Å². The lowest BCUT2D eigenvalue weighted by molar-refractivity contribution is 0.0170. The van der Waals surface area contributed by atoms with Crippen LogP contribution in [0.5, 0.6) is 5.75 Å². The van der Waals surface area contributed by atoms with Crippen molar-refractivity contribution in [3.63, 3.8) is 0 Å². The first-order valence-electron chi connectivity index (χ1n) is 10.0. The molecule has 1 aliphatic rings. The lowest BCUT2D eigenvalue weighted by Crippen LogP contribution is -2.46. The number of nitrogens with one attached hydrogen (secondary N) is 2. The number of rotatable bonds is 9. The van der Waals surface area contributed by atoms with E-state index in [1.54, 1.807) is 7.11 Å². The smallest absolute Gasteiger partial charge is 0.191 e. The van der Waals surface area contributed by atoms with Gasteiger partial charge >= 0.3 is 0 Å². The van der Waals surface area contributed by atoms with Crippen LogP contribution in [0, 0.1) is 5.92 Å². The Morgan fingerprint density at radius 2 is 1.86 bits per heavy atom. The van der Waals surface area contributed by atoms with Crippen LogP contribution in [0.4, 0.5) is 0 Å². The number of morpholine rings is 1. The molecule has 0 spiro atoms. The van der Waals surface area contributed by atoms with Crippen molar-refractivity contribution in [3.8, 4) is 5.75 Å². The van der Waals surface area contributed by atoms with Crippen LogP contribution >= 0.6 is 24.0 Å². The summed E-state index contributed by atoms with van der Waals surface area (Å²) in [7, 11) is 3.53. The fraction of sp³-hybridized carbons (Fsp3) is 0.667. The number of guanidine groups is 1. The second-order valence-electron chi connectivity index (χ2n) is 7.35. The Labute approximate surface area is 187 Å². The predicted octanol–water partition coefficient (Wildman–Crippen LogP) is 3.29. The summed E-state index contributed by atoms with van der Waals surface area (Å²) >= 11 is 0. The number of benzene rings is 1. The minimum atomic E-state index is 0. The van der Waals surface area contributed by atoms with Gasteiger partial charge in [-0.15, -0.1) is 24.0 Å². The molecule has 7 heteroatoms. The first-order valence-corrected chi connectivity index (χ1v) is 10.0. The van der Waals surface area contributed by atoms with Crippen LogP contribution < -0.4 is 15.4 Å². The molecule has 1 heterocycles. The highest BCUT2D eigenvalue weighted by Crippen LogP contribution is 2.23. The third-order valence-electron chi connectivity index (χ3n) is 4.92. The van der Waals surface area contributed by atoms with Gasteiger partial charge in [-0.1, -0.05) is 26.0 Å². The molecule has 160 valence electrons. The average molecular weight is 504 g/mol. The van der Waals surface area contributed by atoms with Crippen molar-refractivity contribution in [2.24, 2.45) is 10.9 Å². The predicted molar refractivity (Wildman–Crippen MR) is 127 cm³/mol. The lowest BCUT2D eigenvalue weighted by Gasteiger charge is -2.35. The van der Waals surface area contributed by atoms with Crippen LogP contribution in [0.1, 0.15) is 38.3 Å². The first kappa shape index (κ1) is 25.0. The summed E-state index contributed by atoms with van der Waals surface area (Å²) in [6.45, 7) is 9.73. The van der Waals surface area contributed by atoms with Crippen LogP contribution in [0.2, 0.25) is 0 Å². The molecule has 0 bridgehead atoms. The van der Waals surface area contributed by atoms with Gasteiger partial charge in [0.05, 0.1) is 26.4 Å². The summed E-state index contributed by atoms with van der Waals surface area (Å²) in [5, 5.41) is 6.94. The van der Waals surface area contributed by atoms with Crippen LogP contribution in [0.3, 0.4) is 0 Å². The Hall–Kier alpha value is -1.06. The van der Waals surface area contributed by atoms with E-state index >= 15 is 0 Å². The zero-order valence-electron chi connectivity index (χ0n) is 17.7. The topological polar surface area (TPSA) is 58.1 Å². The second-order valence-corrected chi connectivity index (χ2v) is 7.35. The van der Waals surface area contributed by atoms with E-state index in [4.69, 9.17) is 9.47 Å². The molecule has 1 atom stereocenters. The summed E-state index contributed by atoms with van der Waals surface area (Å²) in [6, 6.07) is 8.64. The molecule has 1 saturated heterocycles. The lowest BCUT2D eigenvalue weighted by atomic mass is 10.0. The number of hydrogen-bond donors (Lipinski definition) is 2. The maximum atomic E-state index is 5.54. The van der Waals surface area contributed by atoms with Gasteiger partial charge in [0.25, 0.3) is 0 Å². The van der Waals surface area contributed by atoms with Crippen LogP contribution in [0.15, 0.2) is 29.3 Å². The molecule has 2 rings (SSSR count). The van der Waals surface area contributed by atoms with Crippen molar-refractivity contribution >= 4 is 29.9 Å². The first-order chi connectivity index (χ1) is 13.1. The molecular weight excluding hydrogens is 467 g/mol. The molecule has 1 aliphatic heterocycles. The molecule has 0 saturated carbocycles. The molecule has 0 aliphatic carbocycles. The Balaban J connectivity index is 0.00000392. The number of nitrogens with zero attached hydrogens (tertiary/aromatic N) is 2. The average Bonchev–Trinajstić information content (AvgIpc) is 2.70. The summed E-state index contributed by atoms with van der Waals surface area (Å²) in [4.78, 5) is 6.85. The summed E-state index contributed by atoms with van der Waals surface area (Å²) in [5.74, 6) is 2.49. The van der Waals surface area contributed by atoms with Gasteiger partial charge in [0, 0.05) is 33.2 Å². The monoisotopic (exact) mass is 504 g/mol. The standard InChI is InChI=1S/C21H36N4O2.HI/c1-17(2)6-5-11-23-21(22-3)24-16-20(25-12-14-27-15-13-25)18-7-9-19(26-4)10-8-18;/h7-10,17,20H,5-6,11-16H2,1-4H3,(H2,22,23,24);1H. The zero-order chi connectivity index (χ0) is 19.5. The van der Waals surface area contributed by atoms with Gasteiger partial charge in [0.2, 0.25) is 0 Å². The van der Waals surface area contributed by atoms with Crippen molar-refractivity contribution < 1.29 is 9.47 Å². The Bertz CT molecular complexity index is 560. The summed E-state index contributed by atoms with van der Waals surface area (Å²) in [5.41, 5.74) is 1.28. The third-order valence-corrected chi connectivity index (χ3v) is 4.92. The van der Waals surface area contributed by atoms with Crippen LogP contribution in [-0.2, 0) is 4.74 Å². The largest absolute Gasteiger partial charge is 0.497 e. The molecule has 2 N–H and O–H groups in total. The van der Waals surface area contributed by atoms with E-state index in [2.05, 4.69) is 46.5 Å². The molecule has 1 fully saturated rings. The van der Waals surface area contributed by atoms with Gasteiger partial charge in [0.15, 0.2) is 5.96 Å². The van der Waals surface area contributed by atoms with Crippen molar-refractivity contribution in [2.45, 2.75) is 32.7 Å². The second kappa shape index (κ2) is 14.0. The fourth-order valence-corrected chi connectivity index (χ4v) is 3.30. The summed E-state index contributed by atoms with van der Waals surface area (Å²) in [6.07, 6.45) is 2.38. The molecule has 28 heavy (non-hydrogen) atoms. The van der Waals surface area contributed by atoms with Crippen LogP contribution in [0.25, 0.3) is 0 Å². The number of ether oxygens (including phenoxy) is 2. The van der Waals surface area contributed by atoms with Crippen molar-refractivity contribution in [2.75, 3.05) is 53.6 Å². The molecule has 6 nitrogen and oxygen atoms in total. The highest BCUT2D eigenvalue weighted by molar-refractivity contribution is 14.0. The van der Waals surface area contributed by atoms with Gasteiger partial charge in [-0.25, -0.2) is 0 Å². The Morgan fingerprint density at radius 3 is 2.43 bits per heavy atom. The normalized spacial score (nSPS) is 16.4. The van der Waals surface area contributed by atoms with E-state index in [1.807, 2.05) is 19.2 Å². The highest BCUT2D eigenvalue weighted by atomic mass is 127. The highest BCUT2D eigenvalue weighted by Gasteiger charge is 2.23. The van der Waals surface area contributed by atoms with Gasteiger partial charge in [-0.05, 0) is 36.5 Å². The quantitative estimate of drug-likeness (QED) is 0.234. The van der Waals surface area contributed by atoms with Crippen molar-refractivity contribution in [1.29, 1.82) is 0 Å². The van der Waals surface area contributed by atoms with Gasteiger partial charge in [-0.3, -0.25) is 9.89 Å². The molecular formula is C21H37IN4O2. The Morgan fingerprint density at radius 1 is 1.18 bits per heavy atom. The number of aliphatic imine (C=N–C) groups is 1. The third kappa shape index (κ3) is 8.53. The van der Waals surface area contributed by atoms with Crippen molar-refractivity contribution in [3.05, 3.63) is 29.8 Å². The number of methoxy groups -OCH3 is 1. The van der Waals surface area contributed by atoms with Gasteiger partial charge in [0.1, 0.15) is 5.75 Å². The molecule has 1 aromatic carbocycles. The summed E-state index contributed by atoms with van der Waals surface area (Å²) < 4.78 is 10.8. The SMILES string of the molecule is CN=C(NCCCC(C)C)NCC(c1ccc(OC)cc1)N1CCOCC1.I. The number of hydrogen-bond acceptors (Lipinski definition) is 4. The molecule has 0 amide bonds.